The Morgan fingerprint density at radius 3 is 2.33 bits per heavy atom. The minimum atomic E-state index is -0.475. The fraction of sp³-hybridized carbons (Fsp3) is 0.200. The van der Waals surface area contributed by atoms with Crippen LogP contribution >= 0.6 is 0 Å². The van der Waals surface area contributed by atoms with Gasteiger partial charge in [0.1, 0.15) is 11.6 Å². The molecule has 0 fully saturated rings. The molecule has 0 radical (unpaired) electrons. The van der Waals surface area contributed by atoms with Crippen LogP contribution in [-0.4, -0.2) is 37.2 Å². The molecule has 0 aliphatic carbocycles. The number of carbonyl (C=O) groups is 1. The van der Waals surface area contributed by atoms with Crippen LogP contribution in [0, 0.1) is 5.82 Å². The summed E-state index contributed by atoms with van der Waals surface area (Å²) in [5.74, 6) is 1.13. The number of ether oxygens (including phenoxy) is 3. The van der Waals surface area contributed by atoms with Crippen LogP contribution in [0.5, 0.6) is 17.2 Å². The number of hydrogen-bond acceptors (Lipinski definition) is 5. The average Bonchev–Trinajstić information content (AvgIpc) is 3.29. The Hall–Kier alpha value is -4.07. The van der Waals surface area contributed by atoms with Crippen molar-refractivity contribution in [3.8, 4) is 28.6 Å². The summed E-state index contributed by atoms with van der Waals surface area (Å²) in [5, 5.41) is 2.83. The highest BCUT2D eigenvalue weighted by atomic mass is 19.1. The predicted molar refractivity (Wildman–Crippen MR) is 123 cm³/mol. The zero-order valence-corrected chi connectivity index (χ0v) is 18.6. The summed E-state index contributed by atoms with van der Waals surface area (Å²) in [6.45, 7) is 0.372. The van der Waals surface area contributed by atoms with E-state index < -0.39 is 5.82 Å². The van der Waals surface area contributed by atoms with Crippen LogP contribution in [-0.2, 0) is 17.8 Å². The van der Waals surface area contributed by atoms with Crippen LogP contribution < -0.4 is 19.5 Å². The second kappa shape index (κ2) is 9.60. The SMILES string of the molecule is COc1cc(-c2nc3ccc(F)c(CC(=O)NCc4ccccc4)c3[nH]2)cc(OC)c1OC. The highest BCUT2D eigenvalue weighted by molar-refractivity contribution is 5.88. The fourth-order valence-corrected chi connectivity index (χ4v) is 3.66. The molecule has 0 saturated carbocycles. The van der Waals surface area contributed by atoms with Crippen molar-refractivity contribution in [1.82, 2.24) is 15.3 Å². The smallest absolute Gasteiger partial charge is 0.224 e. The normalized spacial score (nSPS) is 10.8. The van der Waals surface area contributed by atoms with Crippen LogP contribution in [0.2, 0.25) is 0 Å². The van der Waals surface area contributed by atoms with E-state index in [9.17, 15) is 9.18 Å². The molecular formula is C25H24FN3O4. The van der Waals surface area contributed by atoms with Gasteiger partial charge in [-0.15, -0.1) is 0 Å². The van der Waals surface area contributed by atoms with Gasteiger partial charge in [-0.1, -0.05) is 30.3 Å². The Kier molecular flexibility index (Phi) is 6.44. The zero-order chi connectivity index (χ0) is 23.4. The number of rotatable bonds is 8. The lowest BCUT2D eigenvalue weighted by Crippen LogP contribution is -2.25. The Labute approximate surface area is 190 Å². The maximum Gasteiger partial charge on any atom is 0.224 e. The standard InChI is InChI=1S/C25H24FN3O4/c1-31-20-11-16(12-21(32-2)24(20)33-3)25-28-19-10-9-18(26)17(23(19)29-25)13-22(30)27-14-15-7-5-4-6-8-15/h4-12H,13-14H2,1-3H3,(H,27,30)(H,28,29). The fourth-order valence-electron chi connectivity index (χ4n) is 3.66. The number of fused-ring (bicyclic) bond motifs is 1. The molecule has 8 heteroatoms. The quantitative estimate of drug-likeness (QED) is 0.420. The van der Waals surface area contributed by atoms with Gasteiger partial charge in [0, 0.05) is 17.7 Å². The van der Waals surface area contributed by atoms with Crippen LogP contribution in [0.15, 0.2) is 54.6 Å². The van der Waals surface area contributed by atoms with E-state index >= 15 is 0 Å². The van der Waals surface area contributed by atoms with Gasteiger partial charge in [-0.3, -0.25) is 4.79 Å². The number of carbonyl (C=O) groups excluding carboxylic acids is 1. The molecule has 170 valence electrons. The Morgan fingerprint density at radius 2 is 1.70 bits per heavy atom. The lowest BCUT2D eigenvalue weighted by Gasteiger charge is -2.13. The average molecular weight is 449 g/mol. The molecule has 1 aromatic heterocycles. The zero-order valence-electron chi connectivity index (χ0n) is 18.6. The number of H-pyrrole nitrogens is 1. The van der Waals surface area contributed by atoms with Crippen molar-refractivity contribution >= 4 is 16.9 Å². The molecule has 0 aliphatic heterocycles. The molecule has 4 rings (SSSR count). The summed E-state index contributed by atoms with van der Waals surface area (Å²) in [4.78, 5) is 20.3. The molecule has 33 heavy (non-hydrogen) atoms. The van der Waals surface area contributed by atoms with E-state index in [2.05, 4.69) is 15.3 Å². The number of hydrogen-bond donors (Lipinski definition) is 2. The van der Waals surface area contributed by atoms with Crippen molar-refractivity contribution in [3.05, 3.63) is 71.5 Å². The molecule has 2 N–H and O–H groups in total. The second-order valence-electron chi connectivity index (χ2n) is 7.36. The minimum absolute atomic E-state index is 0.118. The number of nitrogens with one attached hydrogen (secondary N) is 2. The first kappa shape index (κ1) is 22.1. The molecule has 0 unspecified atom stereocenters. The van der Waals surface area contributed by atoms with Crippen LogP contribution in [0.1, 0.15) is 11.1 Å². The Balaban J connectivity index is 1.65. The molecule has 0 aliphatic rings. The van der Waals surface area contributed by atoms with E-state index in [4.69, 9.17) is 14.2 Å². The first-order valence-electron chi connectivity index (χ1n) is 10.3. The largest absolute Gasteiger partial charge is 0.493 e. The van der Waals surface area contributed by atoms with Gasteiger partial charge in [-0.25, -0.2) is 9.37 Å². The molecule has 0 bridgehead atoms. The molecule has 0 atom stereocenters. The molecule has 3 aromatic carbocycles. The van der Waals surface area contributed by atoms with Crippen molar-refractivity contribution in [2.75, 3.05) is 21.3 Å². The predicted octanol–water partition coefficient (Wildman–Crippen LogP) is 4.25. The summed E-state index contributed by atoms with van der Waals surface area (Å²) in [6, 6.07) is 15.9. The summed E-state index contributed by atoms with van der Waals surface area (Å²) in [7, 11) is 4.58. The van der Waals surface area contributed by atoms with E-state index in [0.717, 1.165) is 5.56 Å². The first-order valence-corrected chi connectivity index (χ1v) is 10.3. The van der Waals surface area contributed by atoms with Gasteiger partial charge in [0.15, 0.2) is 11.5 Å². The van der Waals surface area contributed by atoms with Gasteiger partial charge in [0.25, 0.3) is 0 Å². The van der Waals surface area contributed by atoms with Crippen molar-refractivity contribution in [2.24, 2.45) is 0 Å². The number of nitrogens with zero attached hydrogens (tertiary/aromatic N) is 1. The van der Waals surface area contributed by atoms with Gasteiger partial charge in [-0.2, -0.15) is 0 Å². The van der Waals surface area contributed by atoms with Crippen LogP contribution in [0.4, 0.5) is 4.39 Å². The Morgan fingerprint density at radius 1 is 1.00 bits per heavy atom. The molecule has 1 amide bonds. The van der Waals surface area contributed by atoms with Crippen molar-refractivity contribution in [3.63, 3.8) is 0 Å². The minimum Gasteiger partial charge on any atom is -0.493 e. The first-order chi connectivity index (χ1) is 16.0. The Bertz CT molecular complexity index is 1260. The van der Waals surface area contributed by atoms with E-state index in [-0.39, 0.29) is 17.9 Å². The summed E-state index contributed by atoms with van der Waals surface area (Å²) in [6.07, 6.45) is -0.118. The van der Waals surface area contributed by atoms with Gasteiger partial charge in [-0.05, 0) is 29.8 Å². The number of aromatic amines is 1. The maximum absolute atomic E-state index is 14.7. The molecule has 0 spiro atoms. The van der Waals surface area contributed by atoms with E-state index in [1.807, 2.05) is 30.3 Å². The number of benzene rings is 3. The molecule has 7 nitrogen and oxygen atoms in total. The monoisotopic (exact) mass is 449 g/mol. The van der Waals surface area contributed by atoms with E-state index in [1.165, 1.54) is 27.4 Å². The van der Waals surface area contributed by atoms with Crippen LogP contribution in [0.3, 0.4) is 0 Å². The molecular weight excluding hydrogens is 425 g/mol. The third-order valence-corrected chi connectivity index (χ3v) is 5.32. The number of methoxy groups -OCH3 is 3. The maximum atomic E-state index is 14.7. The lowest BCUT2D eigenvalue weighted by molar-refractivity contribution is -0.120. The lowest BCUT2D eigenvalue weighted by atomic mass is 10.1. The molecule has 1 heterocycles. The van der Waals surface area contributed by atoms with Gasteiger partial charge >= 0.3 is 0 Å². The highest BCUT2D eigenvalue weighted by Crippen LogP contribution is 2.41. The van der Waals surface area contributed by atoms with Gasteiger partial charge in [0.2, 0.25) is 11.7 Å². The van der Waals surface area contributed by atoms with E-state index in [1.54, 1.807) is 18.2 Å². The van der Waals surface area contributed by atoms with Crippen molar-refractivity contribution < 1.29 is 23.4 Å². The number of imidazole rings is 1. The van der Waals surface area contributed by atoms with Crippen LogP contribution in [0.25, 0.3) is 22.4 Å². The van der Waals surface area contributed by atoms with Crippen molar-refractivity contribution in [2.45, 2.75) is 13.0 Å². The highest BCUT2D eigenvalue weighted by Gasteiger charge is 2.19. The second-order valence-corrected chi connectivity index (χ2v) is 7.36. The number of amides is 1. The molecule has 0 saturated heterocycles. The summed E-state index contributed by atoms with van der Waals surface area (Å²) >= 11 is 0. The summed E-state index contributed by atoms with van der Waals surface area (Å²) < 4.78 is 30.9. The van der Waals surface area contributed by atoms with Crippen molar-refractivity contribution in [1.29, 1.82) is 0 Å². The number of halogens is 1. The van der Waals surface area contributed by atoms with E-state index in [0.29, 0.717) is 46.2 Å². The topological polar surface area (TPSA) is 85.5 Å². The molecule has 4 aromatic rings. The van der Waals surface area contributed by atoms with Gasteiger partial charge < -0.3 is 24.5 Å². The third-order valence-electron chi connectivity index (χ3n) is 5.32. The number of aromatic nitrogens is 2. The summed E-state index contributed by atoms with van der Waals surface area (Å²) in [5.41, 5.74) is 2.90. The van der Waals surface area contributed by atoms with Gasteiger partial charge in [0.05, 0.1) is 38.8 Å². The third kappa shape index (κ3) is 4.59.